The summed E-state index contributed by atoms with van der Waals surface area (Å²) in [6.07, 6.45) is 0.343. The van der Waals surface area contributed by atoms with Gasteiger partial charge in [0, 0.05) is 12.1 Å². The number of carboxylic acids is 1. The van der Waals surface area contributed by atoms with Crippen molar-refractivity contribution in [2.45, 2.75) is 6.42 Å². The monoisotopic (exact) mass is 238 g/mol. The number of carbonyl (C=O) groups excluding carboxylic acids is 1. The van der Waals surface area contributed by atoms with E-state index < -0.39 is 17.4 Å². The molecule has 0 atom stereocenters. The third-order valence-electron chi connectivity index (χ3n) is 2.58. The van der Waals surface area contributed by atoms with E-state index in [2.05, 4.69) is 10.3 Å². The highest BCUT2D eigenvalue weighted by Crippen LogP contribution is 2.23. The lowest BCUT2D eigenvalue weighted by molar-refractivity contribution is 0.0688. The van der Waals surface area contributed by atoms with E-state index in [-0.39, 0.29) is 17.0 Å². The van der Waals surface area contributed by atoms with Crippen LogP contribution >= 0.6 is 0 Å². The van der Waals surface area contributed by atoms with Gasteiger partial charge in [0.15, 0.2) is 5.75 Å². The molecule has 3 N–H and O–H groups in total. The number of aromatic amines is 1. The van der Waals surface area contributed by atoms with Gasteiger partial charge in [0.1, 0.15) is 5.69 Å². The number of H-pyrrole nitrogens is 1. The van der Waals surface area contributed by atoms with Gasteiger partial charge in [0.05, 0.1) is 12.7 Å². The average Bonchev–Trinajstić information content (AvgIpc) is 2.29. The van der Waals surface area contributed by atoms with Crippen molar-refractivity contribution in [1.82, 2.24) is 10.3 Å². The minimum atomic E-state index is -1.27. The van der Waals surface area contributed by atoms with Crippen molar-refractivity contribution in [2.75, 3.05) is 13.7 Å². The van der Waals surface area contributed by atoms with Crippen LogP contribution in [0.1, 0.15) is 26.4 Å². The third-order valence-corrected chi connectivity index (χ3v) is 2.58. The van der Waals surface area contributed by atoms with E-state index in [4.69, 9.17) is 9.84 Å². The highest BCUT2D eigenvalue weighted by Gasteiger charge is 2.28. The van der Waals surface area contributed by atoms with Crippen molar-refractivity contribution in [3.8, 4) is 5.75 Å². The highest BCUT2D eigenvalue weighted by molar-refractivity contribution is 6.02. The molecule has 2 heterocycles. The molecule has 0 spiro atoms. The van der Waals surface area contributed by atoms with Crippen LogP contribution in [0.2, 0.25) is 0 Å². The molecule has 0 fully saturated rings. The van der Waals surface area contributed by atoms with Crippen molar-refractivity contribution in [1.29, 1.82) is 0 Å². The molecule has 1 aromatic heterocycles. The summed E-state index contributed by atoms with van der Waals surface area (Å²) in [5, 5.41) is 11.5. The first-order valence-corrected chi connectivity index (χ1v) is 4.91. The molecule has 7 heteroatoms. The average molecular weight is 238 g/mol. The number of hydrogen-bond donors (Lipinski definition) is 3. The summed E-state index contributed by atoms with van der Waals surface area (Å²) in [6, 6.07) is 0. The molecule has 17 heavy (non-hydrogen) atoms. The Morgan fingerprint density at radius 2 is 2.12 bits per heavy atom. The van der Waals surface area contributed by atoms with Gasteiger partial charge in [-0.3, -0.25) is 9.59 Å². The quantitative estimate of drug-likeness (QED) is 0.635. The van der Waals surface area contributed by atoms with E-state index in [0.717, 1.165) is 0 Å². The van der Waals surface area contributed by atoms with Crippen molar-refractivity contribution in [2.24, 2.45) is 0 Å². The van der Waals surface area contributed by atoms with Crippen LogP contribution in [0, 0.1) is 0 Å². The number of methoxy groups -OCH3 is 1. The van der Waals surface area contributed by atoms with Crippen molar-refractivity contribution >= 4 is 11.9 Å². The fourth-order valence-electron chi connectivity index (χ4n) is 1.88. The lowest BCUT2D eigenvalue weighted by Gasteiger charge is -2.19. The SMILES string of the molecule is COc1c2c(c(C(=O)O)[nH]c1=O)CCNC2=O. The van der Waals surface area contributed by atoms with E-state index in [1.807, 2.05) is 0 Å². The van der Waals surface area contributed by atoms with Crippen LogP contribution in [0.3, 0.4) is 0 Å². The Morgan fingerprint density at radius 1 is 1.41 bits per heavy atom. The second-order valence-electron chi connectivity index (χ2n) is 3.53. The first-order chi connectivity index (χ1) is 8.06. The molecule has 1 aliphatic rings. The lowest BCUT2D eigenvalue weighted by atomic mass is 9.98. The van der Waals surface area contributed by atoms with E-state index in [1.54, 1.807) is 0 Å². The van der Waals surface area contributed by atoms with Gasteiger partial charge in [-0.15, -0.1) is 0 Å². The summed E-state index contributed by atoms with van der Waals surface area (Å²) in [6.45, 7) is 0.335. The number of rotatable bonds is 2. The van der Waals surface area contributed by atoms with Crippen LogP contribution in [-0.2, 0) is 6.42 Å². The fraction of sp³-hybridized carbons (Fsp3) is 0.300. The second kappa shape index (κ2) is 3.93. The van der Waals surface area contributed by atoms with Crippen LogP contribution in [-0.4, -0.2) is 35.6 Å². The van der Waals surface area contributed by atoms with Gasteiger partial charge in [-0.1, -0.05) is 0 Å². The number of pyridine rings is 1. The van der Waals surface area contributed by atoms with E-state index >= 15 is 0 Å². The molecule has 90 valence electrons. The topological polar surface area (TPSA) is 108 Å². The van der Waals surface area contributed by atoms with Crippen LogP contribution < -0.4 is 15.6 Å². The molecule has 0 radical (unpaired) electrons. The number of fused-ring (bicyclic) bond motifs is 1. The standard InChI is InChI=1S/C10H10N2O5/c1-17-7-5-4(2-3-11-8(5)13)6(10(15)16)12-9(7)14/h2-3H2,1H3,(H,11,13)(H,12,14)(H,15,16). The Bertz CT molecular complexity index is 561. The van der Waals surface area contributed by atoms with Gasteiger partial charge < -0.3 is 20.1 Å². The van der Waals surface area contributed by atoms with E-state index in [0.29, 0.717) is 18.5 Å². The molecule has 0 saturated carbocycles. The summed E-state index contributed by atoms with van der Waals surface area (Å²) < 4.78 is 4.85. The number of amides is 1. The van der Waals surface area contributed by atoms with Gasteiger partial charge in [0.2, 0.25) is 0 Å². The van der Waals surface area contributed by atoms with Crippen LogP contribution in [0.4, 0.5) is 0 Å². The predicted molar refractivity (Wildman–Crippen MR) is 56.6 cm³/mol. The van der Waals surface area contributed by atoms with Gasteiger partial charge in [-0.25, -0.2) is 4.79 Å². The van der Waals surface area contributed by atoms with Gasteiger partial charge >= 0.3 is 5.97 Å². The normalized spacial score (nSPS) is 13.8. The molecular weight excluding hydrogens is 228 g/mol. The number of hydrogen-bond acceptors (Lipinski definition) is 4. The minimum absolute atomic E-state index is 0.0138. The molecule has 0 saturated heterocycles. The Hall–Kier alpha value is -2.31. The molecule has 0 aliphatic carbocycles. The molecule has 0 aromatic carbocycles. The predicted octanol–water partition coefficient (Wildman–Crippen LogP) is -0.632. The van der Waals surface area contributed by atoms with Gasteiger partial charge in [0.25, 0.3) is 11.5 Å². The first kappa shape index (κ1) is 11.2. The number of ether oxygens (including phenoxy) is 1. The fourth-order valence-corrected chi connectivity index (χ4v) is 1.88. The van der Waals surface area contributed by atoms with Crippen LogP contribution in [0.15, 0.2) is 4.79 Å². The van der Waals surface area contributed by atoms with Crippen molar-refractivity contribution in [3.05, 3.63) is 27.2 Å². The molecule has 1 aliphatic heterocycles. The van der Waals surface area contributed by atoms with Gasteiger partial charge in [-0.05, 0) is 6.42 Å². The van der Waals surface area contributed by atoms with Crippen molar-refractivity contribution < 1.29 is 19.4 Å². The number of aromatic nitrogens is 1. The van der Waals surface area contributed by atoms with E-state index in [9.17, 15) is 14.4 Å². The molecule has 1 amide bonds. The van der Waals surface area contributed by atoms with Gasteiger partial charge in [-0.2, -0.15) is 0 Å². The maximum absolute atomic E-state index is 11.7. The summed E-state index contributed by atoms with van der Waals surface area (Å²) in [5.74, 6) is -1.91. The number of nitrogens with one attached hydrogen (secondary N) is 2. The molecule has 0 unspecified atom stereocenters. The maximum atomic E-state index is 11.7. The zero-order valence-electron chi connectivity index (χ0n) is 8.99. The molecule has 0 bridgehead atoms. The van der Waals surface area contributed by atoms with E-state index in [1.165, 1.54) is 7.11 Å². The molecule has 1 aromatic rings. The van der Waals surface area contributed by atoms with Crippen LogP contribution in [0.25, 0.3) is 0 Å². The summed E-state index contributed by atoms with van der Waals surface area (Å²) >= 11 is 0. The molecular formula is C10H10N2O5. The summed E-state index contributed by atoms with van der Waals surface area (Å²) in [7, 11) is 1.26. The lowest BCUT2D eigenvalue weighted by Crippen LogP contribution is -2.36. The smallest absolute Gasteiger partial charge is 0.352 e. The zero-order chi connectivity index (χ0) is 12.6. The number of carbonyl (C=O) groups is 2. The maximum Gasteiger partial charge on any atom is 0.352 e. The highest BCUT2D eigenvalue weighted by atomic mass is 16.5. The Morgan fingerprint density at radius 3 is 2.71 bits per heavy atom. The minimum Gasteiger partial charge on any atom is -0.491 e. The second-order valence-corrected chi connectivity index (χ2v) is 3.53. The third kappa shape index (κ3) is 1.65. The molecule has 7 nitrogen and oxygen atoms in total. The molecule has 2 rings (SSSR count). The Labute approximate surface area is 95.4 Å². The first-order valence-electron chi connectivity index (χ1n) is 4.91. The van der Waals surface area contributed by atoms with Crippen molar-refractivity contribution in [3.63, 3.8) is 0 Å². The Kier molecular flexibility index (Phi) is 2.58. The zero-order valence-corrected chi connectivity index (χ0v) is 8.99. The van der Waals surface area contributed by atoms with Crippen LogP contribution in [0.5, 0.6) is 5.75 Å². The largest absolute Gasteiger partial charge is 0.491 e. The number of carboxylic acid groups (broad SMARTS) is 1. The Balaban J connectivity index is 2.82. The summed E-state index contributed by atoms with van der Waals surface area (Å²) in [5.41, 5.74) is -0.654. The number of aromatic carboxylic acids is 1. The summed E-state index contributed by atoms with van der Waals surface area (Å²) in [4.78, 5) is 36.4.